The van der Waals surface area contributed by atoms with Gasteiger partial charge in [0.25, 0.3) is 0 Å². The molecule has 1 aliphatic carbocycles. The van der Waals surface area contributed by atoms with Crippen LogP contribution in [-0.4, -0.2) is 56.1 Å². The molecule has 1 aliphatic heterocycles. The zero-order valence-corrected chi connectivity index (χ0v) is 14.3. The molecule has 0 aromatic rings. The summed E-state index contributed by atoms with van der Waals surface area (Å²) in [5, 5.41) is 3.15. The molecule has 2 aliphatic rings. The average molecular weight is 325 g/mol. The van der Waals surface area contributed by atoms with Gasteiger partial charge in [-0.05, 0) is 37.6 Å². The third-order valence-corrected chi connectivity index (χ3v) is 5.36. The van der Waals surface area contributed by atoms with Crippen LogP contribution in [0.25, 0.3) is 0 Å². The first-order chi connectivity index (χ1) is 11.1. The van der Waals surface area contributed by atoms with Gasteiger partial charge in [-0.25, -0.2) is 0 Å². The molecular weight excluding hydrogens is 294 g/mol. The topological polar surface area (TPSA) is 84.7 Å². The van der Waals surface area contributed by atoms with Gasteiger partial charge >= 0.3 is 0 Å². The molecule has 1 saturated carbocycles. The average Bonchev–Trinajstić information content (AvgIpc) is 2.56. The zero-order valence-electron chi connectivity index (χ0n) is 14.3. The Labute approximate surface area is 139 Å². The number of amides is 2. The Hall–Kier alpha value is -1.14. The second kappa shape index (κ2) is 8.64. The van der Waals surface area contributed by atoms with Gasteiger partial charge in [0.2, 0.25) is 11.8 Å². The molecule has 0 spiro atoms. The van der Waals surface area contributed by atoms with Crippen LogP contribution >= 0.6 is 0 Å². The quantitative estimate of drug-likeness (QED) is 0.764. The van der Waals surface area contributed by atoms with Gasteiger partial charge in [0.1, 0.15) is 6.61 Å². The molecule has 0 radical (unpaired) electrons. The van der Waals surface area contributed by atoms with Crippen molar-refractivity contribution < 1.29 is 14.3 Å². The lowest BCUT2D eigenvalue weighted by Crippen LogP contribution is -2.48. The van der Waals surface area contributed by atoms with Crippen LogP contribution < -0.4 is 11.1 Å². The first-order valence-corrected chi connectivity index (χ1v) is 8.85. The summed E-state index contributed by atoms with van der Waals surface area (Å²) in [5.41, 5.74) is 5.98. The summed E-state index contributed by atoms with van der Waals surface area (Å²) in [7, 11) is 1.53. The van der Waals surface area contributed by atoms with E-state index < -0.39 is 0 Å². The molecule has 2 fully saturated rings. The number of hydrogen-bond acceptors (Lipinski definition) is 4. The summed E-state index contributed by atoms with van der Waals surface area (Å²) >= 11 is 0. The summed E-state index contributed by atoms with van der Waals surface area (Å²) in [5.74, 6) is 0.153. The highest BCUT2D eigenvalue weighted by Crippen LogP contribution is 2.38. The van der Waals surface area contributed by atoms with Gasteiger partial charge in [-0.3, -0.25) is 9.59 Å². The van der Waals surface area contributed by atoms with Crippen LogP contribution in [-0.2, 0) is 14.3 Å². The largest absolute Gasteiger partial charge is 0.375 e. The lowest BCUT2D eigenvalue weighted by molar-refractivity contribution is -0.136. The van der Waals surface area contributed by atoms with Crippen LogP contribution in [0.5, 0.6) is 0 Å². The number of nitrogens with zero attached hydrogens (tertiary/aromatic N) is 1. The van der Waals surface area contributed by atoms with Gasteiger partial charge in [0, 0.05) is 32.7 Å². The van der Waals surface area contributed by atoms with Crippen LogP contribution in [0.3, 0.4) is 0 Å². The van der Waals surface area contributed by atoms with E-state index in [-0.39, 0.29) is 29.9 Å². The summed E-state index contributed by atoms with van der Waals surface area (Å²) in [6.45, 7) is 2.12. The first kappa shape index (κ1) is 18.2. The van der Waals surface area contributed by atoms with Crippen molar-refractivity contribution in [3.05, 3.63) is 0 Å². The predicted octanol–water partition coefficient (Wildman–Crippen LogP) is 1.04. The molecule has 2 amide bonds. The molecule has 3 N–H and O–H groups in total. The third kappa shape index (κ3) is 5.18. The van der Waals surface area contributed by atoms with Crippen molar-refractivity contribution in [2.45, 2.75) is 57.4 Å². The van der Waals surface area contributed by atoms with Gasteiger partial charge < -0.3 is 20.7 Å². The van der Waals surface area contributed by atoms with Crippen molar-refractivity contribution in [1.29, 1.82) is 0 Å². The fourth-order valence-corrected chi connectivity index (χ4v) is 3.86. The summed E-state index contributed by atoms with van der Waals surface area (Å²) in [6, 6.07) is 0.174. The van der Waals surface area contributed by atoms with E-state index in [9.17, 15) is 9.59 Å². The van der Waals surface area contributed by atoms with Crippen LogP contribution in [0.1, 0.15) is 51.4 Å². The number of methoxy groups -OCH3 is 1. The third-order valence-electron chi connectivity index (χ3n) is 5.36. The fourth-order valence-electron chi connectivity index (χ4n) is 3.86. The molecule has 1 heterocycles. The van der Waals surface area contributed by atoms with E-state index >= 15 is 0 Å². The van der Waals surface area contributed by atoms with Gasteiger partial charge in [-0.1, -0.05) is 19.3 Å². The molecule has 0 unspecified atom stereocenters. The van der Waals surface area contributed by atoms with Crippen molar-refractivity contribution in [2.75, 3.05) is 33.4 Å². The van der Waals surface area contributed by atoms with Crippen molar-refractivity contribution in [1.82, 2.24) is 10.2 Å². The second-order valence-electron chi connectivity index (χ2n) is 7.10. The Kier molecular flexibility index (Phi) is 6.84. The highest BCUT2D eigenvalue weighted by Gasteiger charge is 2.33. The number of nitrogens with one attached hydrogen (secondary N) is 1. The Bertz CT molecular complexity index is 400. The maximum absolute atomic E-state index is 12.4. The lowest BCUT2D eigenvalue weighted by Gasteiger charge is -2.37. The lowest BCUT2D eigenvalue weighted by atomic mass is 9.71. The van der Waals surface area contributed by atoms with Crippen LogP contribution in [0.4, 0.5) is 0 Å². The minimum atomic E-state index is 0.0114. The number of rotatable bonds is 6. The van der Waals surface area contributed by atoms with Crippen molar-refractivity contribution in [3.63, 3.8) is 0 Å². The van der Waals surface area contributed by atoms with Crippen molar-refractivity contribution in [3.8, 4) is 0 Å². The summed E-state index contributed by atoms with van der Waals surface area (Å²) in [4.78, 5) is 26.0. The molecule has 2 rings (SSSR count). The molecule has 132 valence electrons. The highest BCUT2D eigenvalue weighted by atomic mass is 16.5. The number of carbonyl (C=O) groups is 2. The van der Waals surface area contributed by atoms with Crippen LogP contribution in [0.15, 0.2) is 0 Å². The zero-order chi connectivity index (χ0) is 16.7. The smallest absolute Gasteiger partial charge is 0.248 e. The van der Waals surface area contributed by atoms with Gasteiger partial charge in [-0.2, -0.15) is 0 Å². The Morgan fingerprint density at radius 2 is 1.87 bits per heavy atom. The Morgan fingerprint density at radius 3 is 2.43 bits per heavy atom. The van der Waals surface area contributed by atoms with E-state index in [1.54, 1.807) is 0 Å². The SMILES string of the molecule is COCC(=O)N1CCC(NC(=O)CC2(CN)CCCCC2)CC1. The number of hydrogen-bond donors (Lipinski definition) is 2. The highest BCUT2D eigenvalue weighted by molar-refractivity contribution is 5.78. The van der Waals surface area contributed by atoms with E-state index in [4.69, 9.17) is 10.5 Å². The van der Waals surface area contributed by atoms with Crippen LogP contribution in [0.2, 0.25) is 0 Å². The van der Waals surface area contributed by atoms with Crippen molar-refractivity contribution >= 4 is 11.8 Å². The van der Waals surface area contributed by atoms with E-state index in [0.29, 0.717) is 26.1 Å². The maximum atomic E-state index is 12.4. The number of likely N-dealkylation sites (tertiary alicyclic amines) is 1. The molecule has 0 bridgehead atoms. The normalized spacial score (nSPS) is 21.9. The molecule has 6 heteroatoms. The molecule has 6 nitrogen and oxygen atoms in total. The van der Waals surface area contributed by atoms with Crippen molar-refractivity contribution in [2.24, 2.45) is 11.1 Å². The molecule has 0 atom stereocenters. The first-order valence-electron chi connectivity index (χ1n) is 8.85. The minimum Gasteiger partial charge on any atom is -0.375 e. The molecule has 0 aromatic carbocycles. The molecule has 23 heavy (non-hydrogen) atoms. The van der Waals surface area contributed by atoms with Crippen LogP contribution in [0, 0.1) is 5.41 Å². The second-order valence-corrected chi connectivity index (χ2v) is 7.10. The van der Waals surface area contributed by atoms with E-state index in [2.05, 4.69) is 5.32 Å². The Morgan fingerprint density at radius 1 is 1.22 bits per heavy atom. The number of piperidine rings is 1. The fraction of sp³-hybridized carbons (Fsp3) is 0.882. The molecule has 1 saturated heterocycles. The number of carbonyl (C=O) groups excluding carboxylic acids is 2. The number of nitrogens with two attached hydrogens (primary N) is 1. The molecular formula is C17H31N3O3. The van der Waals surface area contributed by atoms with E-state index in [0.717, 1.165) is 25.7 Å². The summed E-state index contributed by atoms with van der Waals surface area (Å²) in [6.07, 6.45) is 7.95. The van der Waals surface area contributed by atoms with Gasteiger partial charge in [-0.15, -0.1) is 0 Å². The monoisotopic (exact) mass is 325 g/mol. The van der Waals surface area contributed by atoms with E-state index in [1.165, 1.54) is 26.4 Å². The number of ether oxygens (including phenoxy) is 1. The minimum absolute atomic E-state index is 0.0114. The van der Waals surface area contributed by atoms with Gasteiger partial charge in [0.05, 0.1) is 0 Å². The maximum Gasteiger partial charge on any atom is 0.248 e. The Balaban J connectivity index is 1.75. The summed E-state index contributed by atoms with van der Waals surface area (Å²) < 4.78 is 4.88. The standard InChI is InChI=1S/C17H31N3O3/c1-23-12-16(22)20-9-5-14(6-10-20)19-15(21)11-17(13-18)7-3-2-4-8-17/h14H,2-13,18H2,1H3,(H,19,21). The van der Waals surface area contributed by atoms with Gasteiger partial charge in [0.15, 0.2) is 0 Å². The predicted molar refractivity (Wildman–Crippen MR) is 88.8 cm³/mol. The molecule has 0 aromatic heterocycles. The van der Waals surface area contributed by atoms with E-state index in [1.807, 2.05) is 4.90 Å².